The molecule has 2 heterocycles. The number of amidine groups is 1. The topological polar surface area (TPSA) is 93.5 Å². The zero-order chi connectivity index (χ0) is 15.1. The third-order valence-corrected chi connectivity index (χ3v) is 2.83. The van der Waals surface area contributed by atoms with Crippen LogP contribution in [-0.4, -0.2) is 25.8 Å². The Morgan fingerprint density at radius 3 is 2.45 bits per heavy atom. The predicted molar refractivity (Wildman–Crippen MR) is 64.6 cm³/mol. The predicted octanol–water partition coefficient (Wildman–Crippen LogP) is 1.58. The molecule has 2 aromatic rings. The Bertz CT molecular complexity index is 673. The van der Waals surface area contributed by atoms with Crippen molar-refractivity contribution in [3.63, 3.8) is 0 Å². The quantitative estimate of drug-likeness (QED) is 0.646. The lowest BCUT2D eigenvalue weighted by Crippen LogP contribution is -2.19. The van der Waals surface area contributed by atoms with Gasteiger partial charge in [0.2, 0.25) is 0 Å². The van der Waals surface area contributed by atoms with Crippen molar-refractivity contribution >= 4 is 5.84 Å². The summed E-state index contributed by atoms with van der Waals surface area (Å²) in [6.07, 6.45) is -3.03. The maximum absolute atomic E-state index is 12.6. The fourth-order valence-corrected chi connectivity index (χ4v) is 1.66. The van der Waals surface area contributed by atoms with Gasteiger partial charge in [-0.2, -0.15) is 23.4 Å². The van der Waals surface area contributed by atoms with Crippen LogP contribution in [0.4, 0.5) is 13.2 Å². The molecule has 0 aliphatic rings. The van der Waals surface area contributed by atoms with Crippen LogP contribution in [0.1, 0.15) is 22.4 Å². The van der Waals surface area contributed by atoms with Crippen LogP contribution in [0.15, 0.2) is 12.4 Å². The highest BCUT2D eigenvalue weighted by atomic mass is 19.4. The summed E-state index contributed by atoms with van der Waals surface area (Å²) < 4.78 is 38.6. The van der Waals surface area contributed by atoms with Gasteiger partial charge < -0.3 is 5.73 Å². The number of hydrogen-bond donors (Lipinski definition) is 2. The third kappa shape index (κ3) is 2.33. The molecule has 20 heavy (non-hydrogen) atoms. The molecule has 0 saturated heterocycles. The van der Waals surface area contributed by atoms with Gasteiger partial charge in [0.05, 0.1) is 23.0 Å². The number of nitrogen functional groups attached to an aromatic ring is 1. The third-order valence-electron chi connectivity index (χ3n) is 2.83. The molecule has 3 N–H and O–H groups in total. The average Bonchev–Trinajstić information content (AvgIpc) is 2.80. The van der Waals surface area contributed by atoms with E-state index >= 15 is 0 Å². The highest BCUT2D eigenvalue weighted by Crippen LogP contribution is 2.29. The van der Waals surface area contributed by atoms with Gasteiger partial charge in [-0.25, -0.2) is 4.68 Å². The van der Waals surface area contributed by atoms with Crippen molar-refractivity contribution in [2.45, 2.75) is 20.0 Å². The van der Waals surface area contributed by atoms with Gasteiger partial charge in [0, 0.05) is 6.20 Å². The first-order chi connectivity index (χ1) is 9.21. The molecule has 2 aromatic heterocycles. The van der Waals surface area contributed by atoms with E-state index in [9.17, 15) is 13.2 Å². The lowest BCUT2D eigenvalue weighted by Gasteiger charge is -2.11. The molecule has 0 fully saturated rings. The molecular formula is C11H11F3N6. The molecule has 0 amide bonds. The van der Waals surface area contributed by atoms with Crippen molar-refractivity contribution in [3.8, 4) is 5.82 Å². The number of aromatic nitrogens is 4. The van der Waals surface area contributed by atoms with Crippen molar-refractivity contribution in [1.82, 2.24) is 20.0 Å². The number of nitrogens with zero attached hydrogens (tertiary/aromatic N) is 4. The highest BCUT2D eigenvalue weighted by Gasteiger charge is 2.32. The van der Waals surface area contributed by atoms with Crippen LogP contribution in [0.25, 0.3) is 5.82 Å². The van der Waals surface area contributed by atoms with Gasteiger partial charge in [-0.1, -0.05) is 0 Å². The van der Waals surface area contributed by atoms with Crippen LogP contribution in [0, 0.1) is 19.3 Å². The van der Waals surface area contributed by atoms with Crippen LogP contribution in [0.5, 0.6) is 0 Å². The molecule has 0 radical (unpaired) electrons. The summed E-state index contributed by atoms with van der Waals surface area (Å²) >= 11 is 0. The lowest BCUT2D eigenvalue weighted by molar-refractivity contribution is -0.137. The molecule has 0 aromatic carbocycles. The molecule has 0 bridgehead atoms. The number of halogens is 3. The summed E-state index contributed by atoms with van der Waals surface area (Å²) in [5.74, 6) is -0.310. The second-order valence-corrected chi connectivity index (χ2v) is 4.19. The molecule has 2 rings (SSSR count). The summed E-state index contributed by atoms with van der Waals surface area (Å²) in [6, 6.07) is 0. The molecule has 0 aliphatic heterocycles. The van der Waals surface area contributed by atoms with Crippen LogP contribution >= 0.6 is 0 Å². The van der Waals surface area contributed by atoms with E-state index in [2.05, 4.69) is 15.3 Å². The Morgan fingerprint density at radius 1 is 1.30 bits per heavy atom. The van der Waals surface area contributed by atoms with Gasteiger partial charge in [-0.15, -0.1) is 5.10 Å². The Morgan fingerprint density at radius 2 is 1.95 bits per heavy atom. The summed E-state index contributed by atoms with van der Waals surface area (Å²) in [7, 11) is 0. The number of rotatable bonds is 2. The van der Waals surface area contributed by atoms with Gasteiger partial charge in [0.25, 0.3) is 0 Å². The summed E-state index contributed by atoms with van der Waals surface area (Å²) in [5, 5.41) is 18.8. The Labute approximate surface area is 111 Å². The van der Waals surface area contributed by atoms with Crippen molar-refractivity contribution in [3.05, 3.63) is 34.8 Å². The minimum atomic E-state index is -4.50. The molecule has 0 spiro atoms. The zero-order valence-corrected chi connectivity index (χ0v) is 10.7. The minimum absolute atomic E-state index is 0.00361. The second kappa shape index (κ2) is 4.58. The first-order valence-electron chi connectivity index (χ1n) is 5.52. The summed E-state index contributed by atoms with van der Waals surface area (Å²) in [6.45, 7) is 3.33. The van der Waals surface area contributed by atoms with E-state index in [1.54, 1.807) is 13.8 Å². The van der Waals surface area contributed by atoms with Crippen LogP contribution in [0.3, 0.4) is 0 Å². The largest absolute Gasteiger partial charge is 0.419 e. The Hall–Kier alpha value is -2.45. The van der Waals surface area contributed by atoms with Crippen LogP contribution in [0.2, 0.25) is 0 Å². The summed E-state index contributed by atoms with van der Waals surface area (Å²) in [5.41, 5.74) is 5.89. The van der Waals surface area contributed by atoms with E-state index < -0.39 is 11.7 Å². The van der Waals surface area contributed by atoms with E-state index in [4.69, 9.17) is 11.1 Å². The Balaban J connectivity index is 2.62. The number of alkyl halides is 3. The Kier molecular flexibility index (Phi) is 3.20. The van der Waals surface area contributed by atoms with Gasteiger partial charge in [0.15, 0.2) is 5.82 Å². The van der Waals surface area contributed by atoms with E-state index in [1.165, 1.54) is 0 Å². The van der Waals surface area contributed by atoms with E-state index in [1.807, 2.05) is 0 Å². The maximum Gasteiger partial charge on any atom is 0.419 e. The van der Waals surface area contributed by atoms with Gasteiger partial charge in [0.1, 0.15) is 5.84 Å². The second-order valence-electron chi connectivity index (χ2n) is 4.19. The first kappa shape index (κ1) is 14.0. The van der Waals surface area contributed by atoms with Gasteiger partial charge in [-0.05, 0) is 19.4 Å². The fourth-order valence-electron chi connectivity index (χ4n) is 1.66. The minimum Gasteiger partial charge on any atom is -0.384 e. The molecule has 0 aliphatic carbocycles. The molecule has 6 nitrogen and oxygen atoms in total. The van der Waals surface area contributed by atoms with E-state index in [-0.39, 0.29) is 17.2 Å². The number of nitrogens with one attached hydrogen (secondary N) is 1. The van der Waals surface area contributed by atoms with Crippen LogP contribution < -0.4 is 5.73 Å². The molecule has 0 unspecified atom stereocenters. The van der Waals surface area contributed by atoms with Crippen molar-refractivity contribution in [2.24, 2.45) is 5.73 Å². The highest BCUT2D eigenvalue weighted by molar-refractivity contribution is 5.99. The van der Waals surface area contributed by atoms with E-state index in [0.29, 0.717) is 17.5 Å². The van der Waals surface area contributed by atoms with Crippen molar-refractivity contribution in [1.29, 1.82) is 5.41 Å². The number of aryl methyl sites for hydroxylation is 1. The van der Waals surface area contributed by atoms with E-state index in [0.717, 1.165) is 10.9 Å². The molecule has 0 atom stereocenters. The smallest absolute Gasteiger partial charge is 0.384 e. The van der Waals surface area contributed by atoms with Crippen molar-refractivity contribution < 1.29 is 13.2 Å². The molecule has 9 heteroatoms. The monoisotopic (exact) mass is 284 g/mol. The van der Waals surface area contributed by atoms with Crippen LogP contribution in [-0.2, 0) is 6.18 Å². The van der Waals surface area contributed by atoms with Crippen molar-refractivity contribution in [2.75, 3.05) is 0 Å². The average molecular weight is 284 g/mol. The normalized spacial score (nSPS) is 11.7. The zero-order valence-electron chi connectivity index (χ0n) is 10.7. The molecule has 0 saturated carbocycles. The maximum atomic E-state index is 12.6. The van der Waals surface area contributed by atoms with Gasteiger partial charge in [-0.3, -0.25) is 5.41 Å². The van der Waals surface area contributed by atoms with Gasteiger partial charge >= 0.3 is 6.18 Å². The fraction of sp³-hybridized carbons (Fsp3) is 0.273. The lowest BCUT2D eigenvalue weighted by atomic mass is 10.1. The molecular weight excluding hydrogens is 273 g/mol. The number of hydrogen-bond acceptors (Lipinski definition) is 4. The SMILES string of the molecule is Cc1nnc(-n2cc(C(F)(F)F)cn2)c(C(=N)N)c1C. The number of nitrogens with two attached hydrogens (primary N) is 1. The standard InChI is InChI=1S/C11H11F3N6/c1-5-6(2)18-19-10(8(5)9(15)16)20-4-7(3-17-20)11(12,13)14/h3-4H,1-2H3,(H3,15,16). The first-order valence-corrected chi connectivity index (χ1v) is 5.52. The summed E-state index contributed by atoms with van der Waals surface area (Å²) in [4.78, 5) is 0. The molecule has 106 valence electrons.